The van der Waals surface area contributed by atoms with Crippen LogP contribution in [0.1, 0.15) is 15.9 Å². The second-order valence-electron chi connectivity index (χ2n) is 7.36. The SMILES string of the molecule is Cc1ccc(OCCOC(=O)c2cc(S(=O)(=O)N(C)C)ccc2N2CCOCC2)cc1. The van der Waals surface area contributed by atoms with Gasteiger partial charge in [0.25, 0.3) is 0 Å². The molecule has 168 valence electrons. The molecule has 9 heteroatoms. The van der Waals surface area contributed by atoms with Crippen LogP contribution in [0, 0.1) is 6.92 Å². The van der Waals surface area contributed by atoms with Crippen LogP contribution in [0.15, 0.2) is 47.4 Å². The van der Waals surface area contributed by atoms with Crippen molar-refractivity contribution in [2.45, 2.75) is 11.8 Å². The first-order valence-electron chi connectivity index (χ1n) is 10.0. The van der Waals surface area contributed by atoms with Gasteiger partial charge in [0, 0.05) is 27.2 Å². The zero-order chi connectivity index (χ0) is 22.4. The van der Waals surface area contributed by atoms with Crippen LogP contribution < -0.4 is 9.64 Å². The predicted octanol–water partition coefficient (Wildman–Crippen LogP) is 2.32. The molecule has 0 radical (unpaired) electrons. The van der Waals surface area contributed by atoms with Gasteiger partial charge in [-0.25, -0.2) is 17.5 Å². The Bertz CT molecular complexity index is 999. The van der Waals surface area contributed by atoms with E-state index in [4.69, 9.17) is 14.2 Å². The molecule has 0 aromatic heterocycles. The van der Waals surface area contributed by atoms with E-state index in [2.05, 4.69) is 0 Å². The lowest BCUT2D eigenvalue weighted by molar-refractivity contribution is 0.0450. The van der Waals surface area contributed by atoms with Crippen LogP contribution in [0.2, 0.25) is 0 Å². The van der Waals surface area contributed by atoms with E-state index >= 15 is 0 Å². The summed E-state index contributed by atoms with van der Waals surface area (Å²) in [6.45, 7) is 4.51. The number of esters is 1. The van der Waals surface area contributed by atoms with Gasteiger partial charge in [-0.2, -0.15) is 0 Å². The van der Waals surface area contributed by atoms with Crippen molar-refractivity contribution in [3.63, 3.8) is 0 Å². The maximum atomic E-state index is 12.9. The average Bonchev–Trinajstić information content (AvgIpc) is 2.77. The van der Waals surface area contributed by atoms with Gasteiger partial charge in [0.15, 0.2) is 0 Å². The van der Waals surface area contributed by atoms with E-state index in [0.29, 0.717) is 37.7 Å². The Balaban J connectivity index is 1.75. The highest BCUT2D eigenvalue weighted by Gasteiger charge is 2.25. The molecule has 0 N–H and O–H groups in total. The molecule has 0 amide bonds. The van der Waals surface area contributed by atoms with Crippen LogP contribution in [0.4, 0.5) is 5.69 Å². The number of benzene rings is 2. The number of anilines is 1. The zero-order valence-electron chi connectivity index (χ0n) is 18.0. The fraction of sp³-hybridized carbons (Fsp3) is 0.409. The molecule has 0 unspecified atom stereocenters. The Morgan fingerprint density at radius 2 is 1.74 bits per heavy atom. The number of carbonyl (C=O) groups excluding carboxylic acids is 1. The zero-order valence-corrected chi connectivity index (χ0v) is 18.9. The van der Waals surface area contributed by atoms with Gasteiger partial charge in [0.05, 0.1) is 29.4 Å². The van der Waals surface area contributed by atoms with Gasteiger partial charge in [-0.1, -0.05) is 17.7 Å². The maximum Gasteiger partial charge on any atom is 0.340 e. The number of morpholine rings is 1. The third-order valence-electron chi connectivity index (χ3n) is 4.92. The van der Waals surface area contributed by atoms with E-state index in [1.807, 2.05) is 36.1 Å². The second-order valence-corrected chi connectivity index (χ2v) is 9.52. The Hall–Kier alpha value is -2.62. The standard InChI is InChI=1S/C22H28N2O6S/c1-17-4-6-18(7-5-17)29-14-15-30-22(25)20-16-19(31(26,27)23(2)3)8-9-21(20)24-10-12-28-13-11-24/h4-9,16H,10-15H2,1-3H3. The van der Waals surface area contributed by atoms with E-state index < -0.39 is 16.0 Å². The summed E-state index contributed by atoms with van der Waals surface area (Å²) in [7, 11) is -0.787. The topological polar surface area (TPSA) is 85.4 Å². The van der Waals surface area contributed by atoms with E-state index in [9.17, 15) is 13.2 Å². The number of nitrogens with zero attached hydrogens (tertiary/aromatic N) is 2. The van der Waals surface area contributed by atoms with E-state index in [1.54, 1.807) is 6.07 Å². The molecule has 1 heterocycles. The molecule has 0 bridgehead atoms. The van der Waals surface area contributed by atoms with Crippen molar-refractivity contribution in [3.05, 3.63) is 53.6 Å². The minimum atomic E-state index is -3.69. The van der Waals surface area contributed by atoms with Gasteiger partial charge in [0.1, 0.15) is 19.0 Å². The van der Waals surface area contributed by atoms with Crippen molar-refractivity contribution < 1.29 is 27.4 Å². The van der Waals surface area contributed by atoms with Crippen molar-refractivity contribution in [1.82, 2.24) is 4.31 Å². The number of rotatable bonds is 8. The Morgan fingerprint density at radius 1 is 1.06 bits per heavy atom. The molecular formula is C22H28N2O6S. The van der Waals surface area contributed by atoms with Crippen molar-refractivity contribution in [1.29, 1.82) is 0 Å². The Morgan fingerprint density at radius 3 is 2.39 bits per heavy atom. The Labute approximate surface area is 183 Å². The quantitative estimate of drug-likeness (QED) is 0.453. The summed E-state index contributed by atoms with van der Waals surface area (Å²) < 4.78 is 42.6. The molecule has 1 aliphatic heterocycles. The van der Waals surface area contributed by atoms with Gasteiger partial charge >= 0.3 is 5.97 Å². The van der Waals surface area contributed by atoms with Crippen LogP contribution in [-0.2, 0) is 19.5 Å². The number of ether oxygens (including phenoxy) is 3. The highest BCUT2D eigenvalue weighted by molar-refractivity contribution is 7.89. The lowest BCUT2D eigenvalue weighted by Crippen LogP contribution is -2.37. The smallest absolute Gasteiger partial charge is 0.340 e. The second kappa shape index (κ2) is 10.1. The first kappa shape index (κ1) is 23.1. The number of aryl methyl sites for hydroxylation is 1. The fourth-order valence-electron chi connectivity index (χ4n) is 3.14. The lowest BCUT2D eigenvalue weighted by atomic mass is 10.1. The number of hydrogen-bond donors (Lipinski definition) is 0. The summed E-state index contributed by atoms with van der Waals surface area (Å²) in [5.41, 5.74) is 1.97. The van der Waals surface area contributed by atoms with Gasteiger partial charge in [-0.15, -0.1) is 0 Å². The average molecular weight is 449 g/mol. The van der Waals surface area contributed by atoms with Gasteiger partial charge < -0.3 is 19.1 Å². The highest BCUT2D eigenvalue weighted by Crippen LogP contribution is 2.27. The van der Waals surface area contributed by atoms with E-state index in [1.165, 1.54) is 26.2 Å². The maximum absolute atomic E-state index is 12.9. The largest absolute Gasteiger partial charge is 0.490 e. The fourth-order valence-corrected chi connectivity index (χ4v) is 4.06. The van der Waals surface area contributed by atoms with E-state index in [-0.39, 0.29) is 23.7 Å². The summed E-state index contributed by atoms with van der Waals surface area (Å²) in [6, 6.07) is 12.1. The molecule has 1 saturated heterocycles. The van der Waals surface area contributed by atoms with Crippen molar-refractivity contribution in [2.24, 2.45) is 0 Å². The minimum absolute atomic E-state index is 0.0392. The number of sulfonamides is 1. The first-order chi connectivity index (χ1) is 14.8. The third kappa shape index (κ3) is 5.75. The summed E-state index contributed by atoms with van der Waals surface area (Å²) in [6.07, 6.45) is 0. The molecule has 0 saturated carbocycles. The predicted molar refractivity (Wildman–Crippen MR) is 117 cm³/mol. The van der Waals surface area contributed by atoms with Crippen LogP contribution in [-0.4, -0.2) is 72.3 Å². The molecule has 0 spiro atoms. The van der Waals surface area contributed by atoms with Crippen LogP contribution in [0.3, 0.4) is 0 Å². The summed E-state index contributed by atoms with van der Waals surface area (Å²) >= 11 is 0. The molecule has 1 fully saturated rings. The lowest BCUT2D eigenvalue weighted by Gasteiger charge is -2.30. The van der Waals surface area contributed by atoms with Crippen LogP contribution in [0.25, 0.3) is 0 Å². The number of carbonyl (C=O) groups is 1. The van der Waals surface area contributed by atoms with Crippen molar-refractivity contribution in [3.8, 4) is 5.75 Å². The van der Waals surface area contributed by atoms with E-state index in [0.717, 1.165) is 9.87 Å². The normalized spacial score (nSPS) is 14.5. The molecular weight excluding hydrogens is 420 g/mol. The molecule has 0 aliphatic carbocycles. The van der Waals surface area contributed by atoms with Gasteiger partial charge in [0.2, 0.25) is 10.0 Å². The first-order valence-corrected chi connectivity index (χ1v) is 11.5. The molecule has 2 aromatic carbocycles. The van der Waals surface area contributed by atoms with Gasteiger partial charge in [-0.3, -0.25) is 0 Å². The molecule has 8 nitrogen and oxygen atoms in total. The highest BCUT2D eigenvalue weighted by atomic mass is 32.2. The van der Waals surface area contributed by atoms with Crippen molar-refractivity contribution >= 4 is 21.7 Å². The molecule has 2 aromatic rings. The summed E-state index contributed by atoms with van der Waals surface area (Å²) in [5, 5.41) is 0. The number of hydrogen-bond acceptors (Lipinski definition) is 7. The summed E-state index contributed by atoms with van der Waals surface area (Å²) in [5.74, 6) is 0.0968. The minimum Gasteiger partial charge on any atom is -0.490 e. The molecule has 1 aliphatic rings. The Kier molecular flexibility index (Phi) is 7.53. The summed E-state index contributed by atoms with van der Waals surface area (Å²) in [4.78, 5) is 14.9. The molecule has 31 heavy (non-hydrogen) atoms. The molecule has 0 atom stereocenters. The van der Waals surface area contributed by atoms with Gasteiger partial charge in [-0.05, 0) is 37.3 Å². The monoisotopic (exact) mass is 448 g/mol. The third-order valence-corrected chi connectivity index (χ3v) is 6.74. The molecule has 3 rings (SSSR count). The van der Waals surface area contributed by atoms with Crippen LogP contribution in [0.5, 0.6) is 5.75 Å². The van der Waals surface area contributed by atoms with Crippen molar-refractivity contribution in [2.75, 3.05) is 58.5 Å². The van der Waals surface area contributed by atoms with Crippen LogP contribution >= 0.6 is 0 Å².